The molecular weight excluding hydrogens is 343 g/mol. The molecule has 1 N–H and O–H groups in total. The summed E-state index contributed by atoms with van der Waals surface area (Å²) in [5, 5.41) is 9.21. The minimum absolute atomic E-state index is 0.0481. The van der Waals surface area contributed by atoms with E-state index in [0.29, 0.717) is 25.9 Å². The molecule has 0 aromatic heterocycles. The van der Waals surface area contributed by atoms with Crippen molar-refractivity contribution < 1.29 is 33.3 Å². The van der Waals surface area contributed by atoms with Crippen LogP contribution in [0.25, 0.3) is 0 Å². The van der Waals surface area contributed by atoms with Crippen LogP contribution in [0.15, 0.2) is 12.1 Å². The van der Waals surface area contributed by atoms with E-state index >= 15 is 0 Å². The van der Waals surface area contributed by atoms with Crippen LogP contribution in [0.1, 0.15) is 56.3 Å². The second-order valence-electron chi connectivity index (χ2n) is 6.90. The maximum atomic E-state index is 14.2. The summed E-state index contributed by atoms with van der Waals surface area (Å²) in [6.07, 6.45) is 2.94. The van der Waals surface area contributed by atoms with Gasteiger partial charge in [0.15, 0.2) is 11.6 Å². The highest BCUT2D eigenvalue weighted by Crippen LogP contribution is 2.41. The predicted octanol–water partition coefficient (Wildman–Crippen LogP) is 3.81. The van der Waals surface area contributed by atoms with Gasteiger partial charge in [-0.15, -0.1) is 0 Å². The number of carbonyl (C=O) groups is 2. The average molecular weight is 368 g/mol. The third kappa shape index (κ3) is 4.86. The monoisotopic (exact) mass is 368 g/mol. The Kier molecular flexibility index (Phi) is 6.45. The number of rotatable bonds is 7. The van der Waals surface area contributed by atoms with Crippen molar-refractivity contribution in [3.63, 3.8) is 0 Å². The molecule has 0 heterocycles. The van der Waals surface area contributed by atoms with E-state index in [1.54, 1.807) is 6.92 Å². The second kappa shape index (κ2) is 8.38. The van der Waals surface area contributed by atoms with Crippen LogP contribution in [0, 0.1) is 11.2 Å². The number of hydrogen-bond acceptors (Lipinski definition) is 5. The third-order valence-corrected chi connectivity index (χ3v) is 4.79. The van der Waals surface area contributed by atoms with E-state index in [4.69, 9.17) is 14.2 Å². The van der Waals surface area contributed by atoms with Gasteiger partial charge < -0.3 is 19.3 Å². The molecule has 0 aliphatic heterocycles. The Balaban J connectivity index is 2.02. The van der Waals surface area contributed by atoms with E-state index in [2.05, 4.69) is 0 Å². The first-order chi connectivity index (χ1) is 12.3. The number of esters is 1. The first kappa shape index (κ1) is 20.0. The Morgan fingerprint density at radius 2 is 1.92 bits per heavy atom. The van der Waals surface area contributed by atoms with Crippen LogP contribution in [-0.4, -0.2) is 36.9 Å². The molecule has 2 rings (SSSR count). The first-order valence-corrected chi connectivity index (χ1v) is 8.71. The molecule has 1 aromatic carbocycles. The van der Waals surface area contributed by atoms with Crippen molar-refractivity contribution in [3.8, 4) is 11.5 Å². The lowest BCUT2D eigenvalue weighted by Gasteiger charge is -2.36. The van der Waals surface area contributed by atoms with Crippen LogP contribution in [0.4, 0.5) is 4.39 Å². The van der Waals surface area contributed by atoms with Gasteiger partial charge in [-0.25, -0.2) is 9.18 Å². The Bertz CT molecular complexity index is 664. The molecule has 1 aliphatic rings. The molecule has 1 aliphatic carbocycles. The number of benzene rings is 1. The molecule has 1 fully saturated rings. The lowest BCUT2D eigenvalue weighted by atomic mass is 9.72. The highest BCUT2D eigenvalue weighted by atomic mass is 19.1. The van der Waals surface area contributed by atoms with Crippen LogP contribution in [0.2, 0.25) is 0 Å². The highest BCUT2D eigenvalue weighted by Gasteiger charge is 2.34. The first-order valence-electron chi connectivity index (χ1n) is 8.71. The number of hydrogen-bond donors (Lipinski definition) is 1. The zero-order valence-corrected chi connectivity index (χ0v) is 15.3. The second-order valence-corrected chi connectivity index (χ2v) is 6.90. The molecule has 0 bridgehead atoms. The average Bonchev–Trinajstić information content (AvgIpc) is 2.58. The summed E-state index contributed by atoms with van der Waals surface area (Å²) in [5.41, 5.74) is -0.302. The van der Waals surface area contributed by atoms with Crippen LogP contribution in [0.5, 0.6) is 11.5 Å². The Labute approximate surface area is 152 Å². The highest BCUT2D eigenvalue weighted by molar-refractivity contribution is 5.91. The van der Waals surface area contributed by atoms with Gasteiger partial charge in [0.1, 0.15) is 11.3 Å². The molecule has 0 unspecified atom stereocenters. The van der Waals surface area contributed by atoms with Crippen molar-refractivity contribution in [3.05, 3.63) is 23.5 Å². The minimum Gasteiger partial charge on any atom is -0.496 e. The van der Waals surface area contributed by atoms with Gasteiger partial charge >= 0.3 is 11.9 Å². The van der Waals surface area contributed by atoms with Gasteiger partial charge in [-0.05, 0) is 38.0 Å². The van der Waals surface area contributed by atoms with Gasteiger partial charge in [-0.3, -0.25) is 4.79 Å². The van der Waals surface area contributed by atoms with E-state index in [1.807, 2.05) is 6.92 Å². The van der Waals surface area contributed by atoms with Crippen molar-refractivity contribution >= 4 is 11.9 Å². The topological polar surface area (TPSA) is 82.1 Å². The number of halogens is 1. The van der Waals surface area contributed by atoms with Gasteiger partial charge in [0, 0.05) is 12.1 Å². The van der Waals surface area contributed by atoms with E-state index in [9.17, 15) is 19.1 Å². The molecule has 0 saturated heterocycles. The fraction of sp³-hybridized carbons (Fsp3) is 0.579. The Morgan fingerprint density at radius 3 is 2.46 bits per heavy atom. The molecule has 0 radical (unpaired) electrons. The molecule has 6 nitrogen and oxygen atoms in total. The summed E-state index contributed by atoms with van der Waals surface area (Å²) in [6.45, 7) is 4.18. The van der Waals surface area contributed by atoms with E-state index in [-0.39, 0.29) is 34.6 Å². The van der Waals surface area contributed by atoms with Crippen LogP contribution in [-0.2, 0) is 9.53 Å². The fourth-order valence-corrected chi connectivity index (χ4v) is 3.28. The quantitative estimate of drug-likeness (QED) is 0.737. The largest absolute Gasteiger partial charge is 0.496 e. The zero-order chi connectivity index (χ0) is 19.3. The van der Waals surface area contributed by atoms with Crippen molar-refractivity contribution in [2.75, 3.05) is 13.7 Å². The number of methoxy groups -OCH3 is 1. The summed E-state index contributed by atoms with van der Waals surface area (Å²) < 4.78 is 29.8. The lowest BCUT2D eigenvalue weighted by Crippen LogP contribution is -2.32. The summed E-state index contributed by atoms with van der Waals surface area (Å²) in [7, 11) is 1.28. The molecular formula is C19H25FO6. The standard InChI is InChI=1S/C19H25FO6/c1-4-25-17(21)11-19(2)7-5-12(6-8-19)26-16-9-13(18(22)23)15(24-3)10-14(16)20/h9-10,12H,4-8,11H2,1-3H3,(H,22,23)/t12-,19+. The van der Waals surface area contributed by atoms with Gasteiger partial charge in [-0.2, -0.15) is 0 Å². The number of ether oxygens (including phenoxy) is 3. The Hall–Kier alpha value is -2.31. The summed E-state index contributed by atoms with van der Waals surface area (Å²) in [6, 6.07) is 2.18. The summed E-state index contributed by atoms with van der Waals surface area (Å²) in [5.74, 6) is -2.22. The van der Waals surface area contributed by atoms with Crippen molar-refractivity contribution in [2.45, 2.75) is 52.1 Å². The molecule has 1 saturated carbocycles. The zero-order valence-electron chi connectivity index (χ0n) is 15.3. The lowest BCUT2D eigenvalue weighted by molar-refractivity contribution is -0.146. The van der Waals surface area contributed by atoms with Gasteiger partial charge in [-0.1, -0.05) is 6.92 Å². The van der Waals surface area contributed by atoms with Crippen LogP contribution in [0.3, 0.4) is 0 Å². The molecule has 7 heteroatoms. The molecule has 1 aromatic rings. The normalized spacial score (nSPS) is 22.5. The van der Waals surface area contributed by atoms with E-state index in [1.165, 1.54) is 7.11 Å². The van der Waals surface area contributed by atoms with E-state index < -0.39 is 11.8 Å². The van der Waals surface area contributed by atoms with Crippen molar-refractivity contribution in [1.29, 1.82) is 0 Å². The number of aromatic carboxylic acids is 1. The smallest absolute Gasteiger partial charge is 0.339 e. The molecule has 0 spiro atoms. The number of carboxylic acids is 1. The van der Waals surface area contributed by atoms with E-state index in [0.717, 1.165) is 25.0 Å². The number of carboxylic acid groups (broad SMARTS) is 1. The SMILES string of the molecule is CCOC(=O)C[C@]1(C)CC[C@H](Oc2cc(C(=O)O)c(OC)cc2F)CC1. The minimum atomic E-state index is -1.21. The molecule has 144 valence electrons. The van der Waals surface area contributed by atoms with Gasteiger partial charge in [0.25, 0.3) is 0 Å². The fourth-order valence-electron chi connectivity index (χ4n) is 3.28. The van der Waals surface area contributed by atoms with Gasteiger partial charge in [0.05, 0.1) is 26.2 Å². The summed E-state index contributed by atoms with van der Waals surface area (Å²) >= 11 is 0. The maximum absolute atomic E-state index is 14.2. The Morgan fingerprint density at radius 1 is 1.27 bits per heavy atom. The maximum Gasteiger partial charge on any atom is 0.339 e. The molecule has 26 heavy (non-hydrogen) atoms. The van der Waals surface area contributed by atoms with Crippen LogP contribution < -0.4 is 9.47 Å². The van der Waals surface area contributed by atoms with Gasteiger partial charge in [0.2, 0.25) is 0 Å². The predicted molar refractivity (Wildman–Crippen MR) is 92.2 cm³/mol. The third-order valence-electron chi connectivity index (χ3n) is 4.79. The molecule has 0 amide bonds. The summed E-state index contributed by atoms with van der Waals surface area (Å²) in [4.78, 5) is 23.0. The van der Waals surface area contributed by atoms with Crippen molar-refractivity contribution in [1.82, 2.24) is 0 Å². The van der Waals surface area contributed by atoms with Crippen molar-refractivity contribution in [2.24, 2.45) is 5.41 Å². The molecule has 0 atom stereocenters. The number of carbonyl (C=O) groups excluding carboxylic acids is 1. The van der Waals surface area contributed by atoms with Crippen LogP contribution >= 0.6 is 0 Å².